The molecule has 1 N–H and O–H groups in total. The second kappa shape index (κ2) is 8.05. The van der Waals surface area contributed by atoms with Gasteiger partial charge in [0.15, 0.2) is 0 Å². The van der Waals surface area contributed by atoms with Crippen molar-refractivity contribution in [1.82, 2.24) is 10.2 Å². The topological polar surface area (TPSA) is 32.3 Å². The molecule has 1 amide bonds. The summed E-state index contributed by atoms with van der Waals surface area (Å²) in [6.07, 6.45) is 6.93. The molecule has 0 aromatic carbocycles. The Morgan fingerprint density at radius 2 is 2.06 bits per heavy atom. The lowest BCUT2D eigenvalue weighted by Crippen LogP contribution is -2.35. The lowest BCUT2D eigenvalue weighted by atomic mass is 10.0. The van der Waals surface area contributed by atoms with Crippen LogP contribution in [-0.2, 0) is 4.79 Å². The molecule has 1 aliphatic heterocycles. The Kier molecular flexibility index (Phi) is 7.08. The quantitative estimate of drug-likeness (QED) is 0.690. The number of hydrogen-bond donors (Lipinski definition) is 1. The first kappa shape index (κ1) is 15.8. The van der Waals surface area contributed by atoms with E-state index in [1.165, 1.54) is 18.6 Å². The highest BCUT2D eigenvalue weighted by atomic mass is 32.2. The van der Waals surface area contributed by atoms with Gasteiger partial charge in [0.25, 0.3) is 0 Å². The van der Waals surface area contributed by atoms with Gasteiger partial charge in [-0.25, -0.2) is 0 Å². The summed E-state index contributed by atoms with van der Waals surface area (Å²) in [5, 5.41) is 3.41. The smallest absolute Gasteiger partial charge is 0.241 e. The summed E-state index contributed by atoms with van der Waals surface area (Å²) in [5.74, 6) is 2.11. The summed E-state index contributed by atoms with van der Waals surface area (Å²) in [6.45, 7) is 7.35. The zero-order valence-corrected chi connectivity index (χ0v) is 13.1. The Bertz CT molecular complexity index is 258. The maximum absolute atomic E-state index is 12.2. The lowest BCUT2D eigenvalue weighted by Gasteiger charge is -2.20. The van der Waals surface area contributed by atoms with Gasteiger partial charge in [0.05, 0.1) is 12.2 Å². The zero-order valence-electron chi connectivity index (χ0n) is 12.2. The van der Waals surface area contributed by atoms with Gasteiger partial charge in [0.2, 0.25) is 5.91 Å². The van der Waals surface area contributed by atoms with Gasteiger partial charge in [-0.15, -0.1) is 0 Å². The highest BCUT2D eigenvalue weighted by Crippen LogP contribution is 2.17. The largest absolute Gasteiger partial charge is 0.326 e. The van der Waals surface area contributed by atoms with E-state index in [0.717, 1.165) is 19.4 Å². The van der Waals surface area contributed by atoms with Crippen molar-refractivity contribution in [3.63, 3.8) is 0 Å². The molecule has 2 unspecified atom stereocenters. The van der Waals surface area contributed by atoms with Crippen LogP contribution in [-0.4, -0.2) is 41.6 Å². The first-order valence-corrected chi connectivity index (χ1v) is 8.51. The average Bonchev–Trinajstić information content (AvgIpc) is 2.55. The predicted octanol–water partition coefficient (Wildman–Crippen LogP) is 2.71. The Balaban J connectivity index is 2.30. The molecule has 0 radical (unpaired) electrons. The molecule has 18 heavy (non-hydrogen) atoms. The molecule has 4 heteroatoms. The van der Waals surface area contributed by atoms with Crippen LogP contribution in [0.3, 0.4) is 0 Å². The third-order valence-electron chi connectivity index (χ3n) is 3.45. The van der Waals surface area contributed by atoms with Gasteiger partial charge in [-0.1, -0.05) is 20.3 Å². The minimum atomic E-state index is 0.0474. The first-order valence-electron chi connectivity index (χ1n) is 7.11. The molecule has 1 rings (SSSR count). The lowest BCUT2D eigenvalue weighted by molar-refractivity contribution is -0.130. The van der Waals surface area contributed by atoms with Gasteiger partial charge in [-0.05, 0) is 44.1 Å². The van der Waals surface area contributed by atoms with Crippen molar-refractivity contribution in [3.05, 3.63) is 0 Å². The van der Waals surface area contributed by atoms with E-state index in [4.69, 9.17) is 0 Å². The van der Waals surface area contributed by atoms with Crippen LogP contribution in [0.15, 0.2) is 0 Å². The van der Waals surface area contributed by atoms with Crippen molar-refractivity contribution in [1.29, 1.82) is 0 Å². The van der Waals surface area contributed by atoms with E-state index < -0.39 is 0 Å². The van der Waals surface area contributed by atoms with E-state index in [0.29, 0.717) is 11.8 Å². The highest BCUT2D eigenvalue weighted by molar-refractivity contribution is 7.98. The molecule has 0 aromatic heterocycles. The maximum atomic E-state index is 12.2. The van der Waals surface area contributed by atoms with Crippen LogP contribution < -0.4 is 5.32 Å². The Morgan fingerprint density at radius 3 is 2.67 bits per heavy atom. The third kappa shape index (κ3) is 4.81. The van der Waals surface area contributed by atoms with Crippen molar-refractivity contribution in [2.24, 2.45) is 5.92 Å². The fourth-order valence-corrected chi connectivity index (χ4v) is 2.99. The van der Waals surface area contributed by atoms with E-state index >= 15 is 0 Å². The number of amides is 1. The number of nitrogens with one attached hydrogen (secondary N) is 1. The number of carbonyl (C=O) groups is 1. The summed E-state index contributed by atoms with van der Waals surface area (Å²) >= 11 is 1.90. The molecule has 0 spiro atoms. The molecule has 1 aliphatic rings. The second-order valence-electron chi connectivity index (χ2n) is 5.61. The molecule has 2 atom stereocenters. The summed E-state index contributed by atoms with van der Waals surface area (Å²) in [4.78, 5) is 14.3. The monoisotopic (exact) mass is 272 g/mol. The minimum Gasteiger partial charge on any atom is -0.326 e. The van der Waals surface area contributed by atoms with Crippen molar-refractivity contribution in [2.45, 2.75) is 58.7 Å². The molecule has 0 aliphatic carbocycles. The first-order chi connectivity index (χ1) is 8.56. The second-order valence-corrected chi connectivity index (χ2v) is 6.60. The van der Waals surface area contributed by atoms with E-state index in [-0.39, 0.29) is 12.2 Å². The average molecular weight is 272 g/mol. The minimum absolute atomic E-state index is 0.0474. The van der Waals surface area contributed by atoms with E-state index in [1.807, 2.05) is 16.7 Å². The van der Waals surface area contributed by atoms with E-state index in [1.54, 1.807) is 0 Å². The van der Waals surface area contributed by atoms with Crippen molar-refractivity contribution in [3.8, 4) is 0 Å². The van der Waals surface area contributed by atoms with Crippen molar-refractivity contribution >= 4 is 17.7 Å². The molecular formula is C14H28N2OS. The molecule has 0 bridgehead atoms. The van der Waals surface area contributed by atoms with Gasteiger partial charge < -0.3 is 4.90 Å². The summed E-state index contributed by atoms with van der Waals surface area (Å²) in [5.41, 5.74) is 0. The van der Waals surface area contributed by atoms with Gasteiger partial charge in [0, 0.05) is 6.54 Å². The van der Waals surface area contributed by atoms with E-state index in [2.05, 4.69) is 32.3 Å². The summed E-state index contributed by atoms with van der Waals surface area (Å²) < 4.78 is 0. The Morgan fingerprint density at radius 1 is 1.33 bits per heavy atom. The van der Waals surface area contributed by atoms with Crippen LogP contribution in [0, 0.1) is 5.92 Å². The molecule has 3 nitrogen and oxygen atoms in total. The number of nitrogens with zero attached hydrogens (tertiary/aromatic N) is 1. The van der Waals surface area contributed by atoms with Crippen LogP contribution in [0.5, 0.6) is 0 Å². The summed E-state index contributed by atoms with van der Waals surface area (Å²) in [7, 11) is 0. The number of carbonyl (C=O) groups excluding carboxylic acids is 1. The number of hydrogen-bond acceptors (Lipinski definition) is 3. The molecular weight excluding hydrogens is 244 g/mol. The highest BCUT2D eigenvalue weighted by Gasteiger charge is 2.35. The molecule has 1 fully saturated rings. The van der Waals surface area contributed by atoms with Crippen molar-refractivity contribution in [2.75, 3.05) is 18.6 Å². The number of thioether (sulfide) groups is 1. The fraction of sp³-hybridized carbons (Fsp3) is 0.929. The zero-order chi connectivity index (χ0) is 13.5. The Labute approximate surface area is 116 Å². The normalized spacial score (nSPS) is 24.3. The van der Waals surface area contributed by atoms with Gasteiger partial charge in [-0.3, -0.25) is 10.1 Å². The summed E-state index contributed by atoms with van der Waals surface area (Å²) in [6, 6.07) is 0.0474. The van der Waals surface area contributed by atoms with Crippen molar-refractivity contribution < 1.29 is 4.79 Å². The third-order valence-corrected chi connectivity index (χ3v) is 4.14. The number of rotatable bonds is 8. The standard InChI is InChI=1S/C14H28N2OS/c1-11(2)10-13-14(17)16(12(3)15-13)8-6-5-7-9-18-4/h11-13,15H,5-10H2,1-4H3. The SMILES string of the molecule is CSCCCCCN1C(=O)C(CC(C)C)NC1C. The Hall–Kier alpha value is -0.220. The molecule has 1 saturated heterocycles. The van der Waals surface area contributed by atoms with Crippen LogP contribution in [0.1, 0.15) is 46.5 Å². The molecule has 1 heterocycles. The van der Waals surface area contributed by atoms with Crippen LogP contribution in [0.4, 0.5) is 0 Å². The van der Waals surface area contributed by atoms with Gasteiger partial charge >= 0.3 is 0 Å². The molecule has 0 aromatic rings. The van der Waals surface area contributed by atoms with Gasteiger partial charge in [-0.2, -0.15) is 11.8 Å². The molecule has 106 valence electrons. The van der Waals surface area contributed by atoms with Gasteiger partial charge in [0.1, 0.15) is 0 Å². The fourth-order valence-electron chi connectivity index (χ4n) is 2.49. The maximum Gasteiger partial charge on any atom is 0.241 e. The van der Waals surface area contributed by atoms with Crippen LogP contribution >= 0.6 is 11.8 Å². The van der Waals surface area contributed by atoms with Crippen LogP contribution in [0.2, 0.25) is 0 Å². The van der Waals surface area contributed by atoms with E-state index in [9.17, 15) is 4.79 Å². The number of unbranched alkanes of at least 4 members (excludes halogenated alkanes) is 2. The molecule has 0 saturated carbocycles. The predicted molar refractivity (Wildman–Crippen MR) is 79.8 cm³/mol. The van der Waals surface area contributed by atoms with Crippen LogP contribution in [0.25, 0.3) is 0 Å².